The maximum atomic E-state index is 12.3. The highest BCUT2D eigenvalue weighted by molar-refractivity contribution is 7.99. The third-order valence-electron chi connectivity index (χ3n) is 4.60. The van der Waals surface area contributed by atoms with Crippen LogP contribution in [0.25, 0.3) is 0 Å². The molecule has 19 heavy (non-hydrogen) atoms. The Bertz CT molecular complexity index is 317. The quantitative estimate of drug-likeness (QED) is 0.582. The van der Waals surface area contributed by atoms with Gasteiger partial charge in [-0.3, -0.25) is 4.79 Å². The molecule has 4 heteroatoms. The summed E-state index contributed by atoms with van der Waals surface area (Å²) in [5, 5.41) is 3.07. The van der Waals surface area contributed by atoms with Crippen LogP contribution >= 0.6 is 11.8 Å². The molecule has 0 aromatic carbocycles. The van der Waals surface area contributed by atoms with E-state index in [1.807, 2.05) is 6.08 Å². The maximum Gasteiger partial charge on any atom is 0.223 e. The SMILES string of the molecule is C=CCSCCNC(=O)C1CCC(N)C(C)C1(C)C. The summed E-state index contributed by atoms with van der Waals surface area (Å²) in [6, 6.07) is 0.224. The molecule has 0 aromatic rings. The number of thioether (sulfide) groups is 1. The number of hydrogen-bond acceptors (Lipinski definition) is 3. The molecule has 0 heterocycles. The van der Waals surface area contributed by atoms with Crippen molar-refractivity contribution in [2.75, 3.05) is 18.1 Å². The zero-order chi connectivity index (χ0) is 14.5. The van der Waals surface area contributed by atoms with Gasteiger partial charge in [0.05, 0.1) is 0 Å². The first-order valence-electron chi connectivity index (χ1n) is 7.13. The molecular weight excluding hydrogens is 256 g/mol. The van der Waals surface area contributed by atoms with Crippen LogP contribution in [0.2, 0.25) is 0 Å². The van der Waals surface area contributed by atoms with Crippen molar-refractivity contribution >= 4 is 17.7 Å². The van der Waals surface area contributed by atoms with Gasteiger partial charge in [0.15, 0.2) is 0 Å². The van der Waals surface area contributed by atoms with Gasteiger partial charge in [0.1, 0.15) is 0 Å². The third kappa shape index (κ3) is 4.25. The summed E-state index contributed by atoms with van der Waals surface area (Å²) in [7, 11) is 0. The summed E-state index contributed by atoms with van der Waals surface area (Å²) < 4.78 is 0. The lowest BCUT2D eigenvalue weighted by atomic mass is 9.61. The molecule has 0 radical (unpaired) electrons. The molecule has 110 valence electrons. The van der Waals surface area contributed by atoms with Crippen LogP contribution in [0, 0.1) is 17.3 Å². The van der Waals surface area contributed by atoms with Gasteiger partial charge in [-0.05, 0) is 24.2 Å². The minimum absolute atomic E-state index is 0.0178. The van der Waals surface area contributed by atoms with Crippen LogP contribution in [0.5, 0.6) is 0 Å². The van der Waals surface area contributed by atoms with Crippen molar-refractivity contribution in [1.82, 2.24) is 5.32 Å². The molecule has 1 rings (SSSR count). The summed E-state index contributed by atoms with van der Waals surface area (Å²) in [6.07, 6.45) is 3.75. The van der Waals surface area contributed by atoms with E-state index < -0.39 is 0 Å². The lowest BCUT2D eigenvalue weighted by Gasteiger charge is -2.46. The maximum absolute atomic E-state index is 12.3. The van der Waals surface area contributed by atoms with E-state index in [1.165, 1.54) is 0 Å². The number of nitrogens with one attached hydrogen (secondary N) is 1. The second-order valence-corrected chi connectivity index (χ2v) is 7.21. The van der Waals surface area contributed by atoms with Crippen molar-refractivity contribution in [3.8, 4) is 0 Å². The Morgan fingerprint density at radius 3 is 2.84 bits per heavy atom. The van der Waals surface area contributed by atoms with Crippen molar-refractivity contribution in [2.24, 2.45) is 23.0 Å². The van der Waals surface area contributed by atoms with Crippen molar-refractivity contribution in [2.45, 2.75) is 39.7 Å². The molecule has 1 fully saturated rings. The van der Waals surface area contributed by atoms with E-state index >= 15 is 0 Å². The molecule has 3 atom stereocenters. The Hall–Kier alpha value is -0.480. The Balaban J connectivity index is 2.45. The Labute approximate surface area is 121 Å². The van der Waals surface area contributed by atoms with Crippen molar-refractivity contribution in [1.29, 1.82) is 0 Å². The Morgan fingerprint density at radius 1 is 1.53 bits per heavy atom. The van der Waals surface area contributed by atoms with Crippen LogP contribution < -0.4 is 11.1 Å². The van der Waals surface area contributed by atoms with Crippen molar-refractivity contribution < 1.29 is 4.79 Å². The van der Waals surface area contributed by atoms with E-state index in [9.17, 15) is 4.79 Å². The normalized spacial score (nSPS) is 29.8. The number of hydrogen-bond donors (Lipinski definition) is 2. The van der Waals surface area contributed by atoms with Gasteiger partial charge in [0.2, 0.25) is 5.91 Å². The van der Waals surface area contributed by atoms with Crippen molar-refractivity contribution in [3.63, 3.8) is 0 Å². The van der Waals surface area contributed by atoms with Gasteiger partial charge in [-0.2, -0.15) is 11.8 Å². The predicted octanol–water partition coefficient (Wildman–Crippen LogP) is 2.42. The van der Waals surface area contributed by atoms with Crippen molar-refractivity contribution in [3.05, 3.63) is 12.7 Å². The molecule has 0 bridgehead atoms. The first kappa shape index (κ1) is 16.6. The smallest absolute Gasteiger partial charge is 0.223 e. The van der Waals surface area contributed by atoms with Gasteiger partial charge < -0.3 is 11.1 Å². The fourth-order valence-electron chi connectivity index (χ4n) is 2.86. The lowest BCUT2D eigenvalue weighted by Crippen LogP contribution is -2.51. The standard InChI is InChI=1S/C15H28N2OS/c1-5-9-19-10-8-17-14(18)12-6-7-13(16)11(2)15(12,3)4/h5,11-13H,1,6-10,16H2,2-4H3,(H,17,18). The molecule has 0 spiro atoms. The molecule has 1 aliphatic carbocycles. The highest BCUT2D eigenvalue weighted by Gasteiger charge is 2.44. The average Bonchev–Trinajstić information content (AvgIpc) is 2.35. The summed E-state index contributed by atoms with van der Waals surface area (Å²) in [6.45, 7) is 10.9. The highest BCUT2D eigenvalue weighted by Crippen LogP contribution is 2.44. The van der Waals surface area contributed by atoms with Gasteiger partial charge in [0, 0.05) is 30.0 Å². The third-order valence-corrected chi connectivity index (χ3v) is 5.56. The van der Waals surface area contributed by atoms with Crippen LogP contribution in [0.3, 0.4) is 0 Å². The van der Waals surface area contributed by atoms with Gasteiger partial charge in [-0.15, -0.1) is 6.58 Å². The topological polar surface area (TPSA) is 55.1 Å². The molecule has 3 unspecified atom stereocenters. The zero-order valence-electron chi connectivity index (χ0n) is 12.4. The first-order chi connectivity index (χ1) is 8.91. The van der Waals surface area contributed by atoms with Crippen LogP contribution in [0.4, 0.5) is 0 Å². The molecular formula is C15H28N2OS. The molecule has 0 aromatic heterocycles. The van der Waals surface area contributed by atoms with Gasteiger partial charge in [0.25, 0.3) is 0 Å². The fourth-order valence-corrected chi connectivity index (χ4v) is 3.44. The van der Waals surface area contributed by atoms with E-state index in [0.717, 1.165) is 30.9 Å². The summed E-state index contributed by atoms with van der Waals surface area (Å²) in [5.74, 6) is 2.55. The van der Waals surface area contributed by atoms with Crippen LogP contribution in [0.1, 0.15) is 33.6 Å². The number of nitrogens with two attached hydrogens (primary N) is 1. The number of carbonyl (C=O) groups is 1. The molecule has 1 amide bonds. The monoisotopic (exact) mass is 284 g/mol. The van der Waals surface area contributed by atoms with E-state index in [4.69, 9.17) is 5.73 Å². The van der Waals surface area contributed by atoms with Crippen LogP contribution in [-0.2, 0) is 4.79 Å². The van der Waals surface area contributed by atoms with Crippen LogP contribution in [0.15, 0.2) is 12.7 Å². The minimum Gasteiger partial charge on any atom is -0.355 e. The van der Waals surface area contributed by atoms with Crippen LogP contribution in [-0.4, -0.2) is 30.0 Å². The molecule has 1 saturated carbocycles. The van der Waals surface area contributed by atoms with E-state index in [2.05, 4.69) is 32.7 Å². The number of carbonyl (C=O) groups excluding carboxylic acids is 1. The second kappa shape index (κ2) is 7.34. The summed E-state index contributed by atoms with van der Waals surface area (Å²) in [4.78, 5) is 12.3. The number of amides is 1. The summed E-state index contributed by atoms with van der Waals surface area (Å²) >= 11 is 1.79. The molecule has 0 aliphatic heterocycles. The first-order valence-corrected chi connectivity index (χ1v) is 8.28. The zero-order valence-corrected chi connectivity index (χ0v) is 13.3. The largest absolute Gasteiger partial charge is 0.355 e. The number of rotatable bonds is 6. The highest BCUT2D eigenvalue weighted by atomic mass is 32.2. The van der Waals surface area contributed by atoms with E-state index in [0.29, 0.717) is 5.92 Å². The Kier molecular flexibility index (Phi) is 6.40. The molecule has 1 aliphatic rings. The van der Waals surface area contributed by atoms with Gasteiger partial charge in [-0.25, -0.2) is 0 Å². The predicted molar refractivity (Wildman–Crippen MR) is 84.2 cm³/mol. The minimum atomic E-state index is -0.0178. The summed E-state index contributed by atoms with van der Waals surface area (Å²) in [5.41, 5.74) is 6.11. The molecule has 0 saturated heterocycles. The molecule has 3 N–H and O–H groups in total. The van der Waals surface area contributed by atoms with E-state index in [-0.39, 0.29) is 23.3 Å². The van der Waals surface area contributed by atoms with Gasteiger partial charge >= 0.3 is 0 Å². The average molecular weight is 284 g/mol. The lowest BCUT2D eigenvalue weighted by molar-refractivity contribution is -0.132. The fraction of sp³-hybridized carbons (Fsp3) is 0.800. The second-order valence-electron chi connectivity index (χ2n) is 6.06. The Morgan fingerprint density at radius 2 is 2.21 bits per heavy atom. The van der Waals surface area contributed by atoms with Gasteiger partial charge in [-0.1, -0.05) is 26.8 Å². The van der Waals surface area contributed by atoms with E-state index in [1.54, 1.807) is 11.8 Å². The molecule has 3 nitrogen and oxygen atoms in total.